The molecule has 1 aromatic carbocycles. The zero-order chi connectivity index (χ0) is 21.1. The van der Waals surface area contributed by atoms with Crippen molar-refractivity contribution in [3.8, 4) is 16.9 Å². The second kappa shape index (κ2) is 8.20. The highest BCUT2D eigenvalue weighted by molar-refractivity contribution is 5.92. The third-order valence-corrected chi connectivity index (χ3v) is 3.72. The maximum Gasteiger partial charge on any atom is 0.433 e. The van der Waals surface area contributed by atoms with Crippen LogP contribution < -0.4 is 5.73 Å². The molecule has 5 nitrogen and oxygen atoms in total. The van der Waals surface area contributed by atoms with Crippen LogP contribution in [0, 0.1) is 11.7 Å². The largest absolute Gasteiger partial charge is 0.505 e. The van der Waals surface area contributed by atoms with E-state index in [1.165, 1.54) is 24.4 Å². The molecule has 0 aliphatic carbocycles. The van der Waals surface area contributed by atoms with Crippen LogP contribution in [-0.2, 0) is 11.0 Å². The van der Waals surface area contributed by atoms with Crippen molar-refractivity contribution in [2.75, 3.05) is 0 Å². The standard InChI is InChI=1S/C15H8F4N2O.C4H9NO/c16-11-3-1-8(7-12(11)22)9-5-6-20-14-10(9)2-4-13(21-14)15(17,18)19;1-3(2)4(5)6/h1-7,22H;3H,1-2H3,(H2,5,6). The van der Waals surface area contributed by atoms with Crippen LogP contribution in [0.5, 0.6) is 5.75 Å². The van der Waals surface area contributed by atoms with E-state index in [0.29, 0.717) is 16.5 Å². The van der Waals surface area contributed by atoms with Crippen LogP contribution in [0.3, 0.4) is 0 Å². The Kier molecular flexibility index (Phi) is 6.17. The van der Waals surface area contributed by atoms with Gasteiger partial charge in [-0.3, -0.25) is 4.79 Å². The average Bonchev–Trinajstić information content (AvgIpc) is 2.62. The summed E-state index contributed by atoms with van der Waals surface area (Å²) in [6.45, 7) is 3.53. The number of nitrogens with zero attached hydrogens (tertiary/aromatic N) is 2. The first kappa shape index (κ1) is 21.1. The Bertz CT molecular complexity index is 1000. The molecule has 0 saturated heterocycles. The number of halogens is 4. The molecule has 3 rings (SSSR count). The van der Waals surface area contributed by atoms with Crippen molar-refractivity contribution in [2.24, 2.45) is 11.7 Å². The molecule has 0 aliphatic rings. The zero-order valence-corrected chi connectivity index (χ0v) is 15.0. The predicted molar refractivity (Wildman–Crippen MR) is 95.6 cm³/mol. The van der Waals surface area contributed by atoms with Gasteiger partial charge >= 0.3 is 6.18 Å². The molecule has 0 unspecified atom stereocenters. The molecule has 0 aliphatic heterocycles. The molecule has 9 heteroatoms. The SMILES string of the molecule is CC(C)C(N)=O.Oc1cc(-c2ccnc3nc(C(F)(F)F)ccc23)ccc1F. The molecule has 148 valence electrons. The van der Waals surface area contributed by atoms with Crippen LogP contribution in [0.15, 0.2) is 42.6 Å². The fraction of sp³-hybridized carbons (Fsp3) is 0.211. The minimum atomic E-state index is -4.56. The van der Waals surface area contributed by atoms with Gasteiger partial charge in [-0.15, -0.1) is 0 Å². The summed E-state index contributed by atoms with van der Waals surface area (Å²) >= 11 is 0. The number of phenols is 1. The van der Waals surface area contributed by atoms with Gasteiger partial charge in [0.25, 0.3) is 0 Å². The summed E-state index contributed by atoms with van der Waals surface area (Å²) in [5.41, 5.74) is 4.64. The van der Waals surface area contributed by atoms with Crippen molar-refractivity contribution >= 4 is 16.9 Å². The number of primary amides is 1. The van der Waals surface area contributed by atoms with E-state index in [9.17, 15) is 27.5 Å². The lowest BCUT2D eigenvalue weighted by Gasteiger charge is -2.09. The van der Waals surface area contributed by atoms with E-state index >= 15 is 0 Å². The monoisotopic (exact) mass is 395 g/mol. The zero-order valence-electron chi connectivity index (χ0n) is 15.0. The molecule has 0 radical (unpaired) electrons. The Morgan fingerprint density at radius 3 is 2.32 bits per heavy atom. The third-order valence-electron chi connectivity index (χ3n) is 3.72. The first-order chi connectivity index (χ1) is 13.0. The quantitative estimate of drug-likeness (QED) is 0.634. The van der Waals surface area contributed by atoms with Crippen molar-refractivity contribution in [3.05, 3.63) is 54.1 Å². The topological polar surface area (TPSA) is 89.1 Å². The number of nitrogens with two attached hydrogens (primary N) is 1. The van der Waals surface area contributed by atoms with Crippen molar-refractivity contribution < 1.29 is 27.5 Å². The number of benzene rings is 1. The fourth-order valence-corrected chi connectivity index (χ4v) is 2.12. The summed E-state index contributed by atoms with van der Waals surface area (Å²) in [4.78, 5) is 17.3. The Balaban J connectivity index is 0.000000409. The van der Waals surface area contributed by atoms with Crippen LogP contribution >= 0.6 is 0 Å². The van der Waals surface area contributed by atoms with Crippen LogP contribution in [0.1, 0.15) is 19.5 Å². The van der Waals surface area contributed by atoms with Gasteiger partial charge in [-0.1, -0.05) is 19.9 Å². The number of aromatic nitrogens is 2. The van der Waals surface area contributed by atoms with Gasteiger partial charge in [-0.25, -0.2) is 14.4 Å². The molecular weight excluding hydrogens is 378 g/mol. The number of aromatic hydroxyl groups is 1. The smallest absolute Gasteiger partial charge is 0.433 e. The van der Waals surface area contributed by atoms with Crippen LogP contribution in [-0.4, -0.2) is 21.0 Å². The molecule has 0 fully saturated rings. The minimum absolute atomic E-state index is 0.00926. The first-order valence-electron chi connectivity index (χ1n) is 8.12. The number of carbonyl (C=O) groups is 1. The highest BCUT2D eigenvalue weighted by Crippen LogP contribution is 2.33. The summed E-state index contributed by atoms with van der Waals surface area (Å²) in [5, 5.41) is 9.81. The average molecular weight is 395 g/mol. The van der Waals surface area contributed by atoms with E-state index in [4.69, 9.17) is 5.73 Å². The van der Waals surface area contributed by atoms with E-state index in [1.807, 2.05) is 0 Å². The molecule has 1 amide bonds. The van der Waals surface area contributed by atoms with E-state index < -0.39 is 23.4 Å². The second-order valence-corrected chi connectivity index (χ2v) is 6.15. The van der Waals surface area contributed by atoms with Crippen LogP contribution in [0.25, 0.3) is 22.2 Å². The number of hydrogen-bond acceptors (Lipinski definition) is 4. The normalized spacial score (nSPS) is 11.2. The molecule has 28 heavy (non-hydrogen) atoms. The summed E-state index contributed by atoms with van der Waals surface area (Å²) < 4.78 is 51.1. The molecule has 2 aromatic heterocycles. The maximum absolute atomic E-state index is 13.1. The van der Waals surface area contributed by atoms with Gasteiger partial charge in [0.05, 0.1) is 0 Å². The van der Waals surface area contributed by atoms with Crippen LogP contribution in [0.2, 0.25) is 0 Å². The Morgan fingerprint density at radius 2 is 1.79 bits per heavy atom. The number of amides is 1. The lowest BCUT2D eigenvalue weighted by molar-refractivity contribution is -0.141. The van der Waals surface area contributed by atoms with E-state index in [-0.39, 0.29) is 17.5 Å². The number of fused-ring (bicyclic) bond motifs is 1. The number of alkyl halides is 3. The van der Waals surface area contributed by atoms with Crippen molar-refractivity contribution in [3.63, 3.8) is 0 Å². The fourth-order valence-electron chi connectivity index (χ4n) is 2.12. The van der Waals surface area contributed by atoms with Gasteiger partial charge in [0, 0.05) is 17.5 Å². The molecule has 2 heterocycles. The number of pyridine rings is 2. The number of rotatable bonds is 2. The molecular formula is C19H17F4N3O2. The molecule has 3 aromatic rings. The van der Waals surface area contributed by atoms with E-state index in [2.05, 4.69) is 9.97 Å². The third kappa shape index (κ3) is 4.93. The van der Waals surface area contributed by atoms with Gasteiger partial charge in [0.2, 0.25) is 5.91 Å². The molecule has 0 atom stereocenters. The van der Waals surface area contributed by atoms with Gasteiger partial charge in [-0.2, -0.15) is 13.2 Å². The Labute approximate surface area is 157 Å². The lowest BCUT2D eigenvalue weighted by atomic mass is 10.0. The summed E-state index contributed by atoms with van der Waals surface area (Å²) in [5.74, 6) is -1.57. The maximum atomic E-state index is 13.1. The van der Waals surface area contributed by atoms with Crippen molar-refractivity contribution in [1.29, 1.82) is 0 Å². The highest BCUT2D eigenvalue weighted by atomic mass is 19.4. The predicted octanol–water partition coefficient (Wildman–Crippen LogP) is 4.29. The van der Waals surface area contributed by atoms with Gasteiger partial charge in [0.15, 0.2) is 17.2 Å². The summed E-state index contributed by atoms with van der Waals surface area (Å²) in [6, 6.07) is 7.37. The minimum Gasteiger partial charge on any atom is -0.505 e. The number of phenolic OH excluding ortho intramolecular Hbond substituents is 1. The van der Waals surface area contributed by atoms with Gasteiger partial charge in [0.1, 0.15) is 5.69 Å². The molecule has 0 bridgehead atoms. The lowest BCUT2D eigenvalue weighted by Crippen LogP contribution is -2.17. The molecule has 0 saturated carbocycles. The Hall–Kier alpha value is -3.23. The van der Waals surface area contributed by atoms with Crippen molar-refractivity contribution in [2.45, 2.75) is 20.0 Å². The second-order valence-electron chi connectivity index (χ2n) is 6.15. The summed E-state index contributed by atoms with van der Waals surface area (Å²) in [6.07, 6.45) is -3.24. The van der Waals surface area contributed by atoms with Gasteiger partial charge < -0.3 is 10.8 Å². The summed E-state index contributed by atoms with van der Waals surface area (Å²) in [7, 11) is 0. The first-order valence-corrected chi connectivity index (χ1v) is 8.12. The molecule has 0 spiro atoms. The highest BCUT2D eigenvalue weighted by Gasteiger charge is 2.32. The van der Waals surface area contributed by atoms with Crippen molar-refractivity contribution in [1.82, 2.24) is 9.97 Å². The Morgan fingerprint density at radius 1 is 1.14 bits per heavy atom. The van der Waals surface area contributed by atoms with Crippen LogP contribution in [0.4, 0.5) is 17.6 Å². The van der Waals surface area contributed by atoms with Gasteiger partial charge in [-0.05, 0) is 41.5 Å². The van der Waals surface area contributed by atoms with E-state index in [1.54, 1.807) is 19.9 Å². The van der Waals surface area contributed by atoms with E-state index in [0.717, 1.165) is 12.1 Å². The number of hydrogen-bond donors (Lipinski definition) is 2. The number of carbonyl (C=O) groups excluding carboxylic acids is 1. The molecule has 3 N–H and O–H groups in total.